The Balaban J connectivity index is 1.90. The maximum absolute atomic E-state index is 11.6. The molecule has 0 radical (unpaired) electrons. The SMILES string of the molecule is CCOC(=O)c1ncsc1NCCc1ccccc1. The van der Waals surface area contributed by atoms with Crippen LogP contribution in [0.5, 0.6) is 0 Å². The first-order chi connectivity index (χ1) is 9.31. The van der Waals surface area contributed by atoms with Gasteiger partial charge in [0.2, 0.25) is 0 Å². The number of nitrogens with zero attached hydrogens (tertiary/aromatic N) is 1. The first kappa shape index (κ1) is 13.5. The lowest BCUT2D eigenvalue weighted by Gasteiger charge is -2.06. The van der Waals surface area contributed by atoms with Crippen LogP contribution in [0.25, 0.3) is 0 Å². The molecule has 1 N–H and O–H groups in total. The van der Waals surface area contributed by atoms with Gasteiger partial charge in [-0.25, -0.2) is 9.78 Å². The van der Waals surface area contributed by atoms with Gasteiger partial charge in [0.25, 0.3) is 0 Å². The molecule has 4 nitrogen and oxygen atoms in total. The van der Waals surface area contributed by atoms with Crippen molar-refractivity contribution < 1.29 is 9.53 Å². The van der Waals surface area contributed by atoms with Gasteiger partial charge in [-0.2, -0.15) is 0 Å². The number of carbonyl (C=O) groups is 1. The Morgan fingerprint density at radius 1 is 1.37 bits per heavy atom. The predicted molar refractivity (Wildman–Crippen MR) is 76.7 cm³/mol. The van der Waals surface area contributed by atoms with Gasteiger partial charge in [0.05, 0.1) is 12.1 Å². The fourth-order valence-electron chi connectivity index (χ4n) is 1.68. The van der Waals surface area contributed by atoms with Crippen LogP contribution in [0.4, 0.5) is 5.00 Å². The number of hydrogen-bond donors (Lipinski definition) is 1. The summed E-state index contributed by atoms with van der Waals surface area (Å²) in [6, 6.07) is 10.2. The number of benzene rings is 1. The van der Waals surface area contributed by atoms with Gasteiger partial charge >= 0.3 is 5.97 Å². The van der Waals surface area contributed by atoms with Crippen molar-refractivity contribution in [2.75, 3.05) is 18.5 Å². The summed E-state index contributed by atoms with van der Waals surface area (Å²) in [6.45, 7) is 2.91. The van der Waals surface area contributed by atoms with Gasteiger partial charge in [0.15, 0.2) is 5.69 Å². The summed E-state index contributed by atoms with van der Waals surface area (Å²) in [5, 5.41) is 4.01. The van der Waals surface area contributed by atoms with Crippen LogP contribution in [0.3, 0.4) is 0 Å². The minimum atomic E-state index is -0.369. The van der Waals surface area contributed by atoms with Crippen molar-refractivity contribution in [2.24, 2.45) is 0 Å². The number of hydrogen-bond acceptors (Lipinski definition) is 5. The fourth-order valence-corrected chi connectivity index (χ4v) is 2.38. The van der Waals surface area contributed by atoms with Crippen molar-refractivity contribution in [1.82, 2.24) is 4.98 Å². The molecule has 2 aromatic rings. The molecule has 19 heavy (non-hydrogen) atoms. The summed E-state index contributed by atoms with van der Waals surface area (Å²) in [6.07, 6.45) is 0.904. The largest absolute Gasteiger partial charge is 0.461 e. The molecular weight excluding hydrogens is 260 g/mol. The maximum atomic E-state index is 11.6. The Kier molecular flexibility index (Phi) is 4.92. The Bertz CT molecular complexity index is 525. The van der Waals surface area contributed by atoms with E-state index in [1.807, 2.05) is 18.2 Å². The molecule has 0 atom stereocenters. The molecule has 1 heterocycles. The zero-order valence-electron chi connectivity index (χ0n) is 10.8. The Morgan fingerprint density at radius 3 is 2.89 bits per heavy atom. The van der Waals surface area contributed by atoms with E-state index in [0.717, 1.165) is 18.0 Å². The lowest BCUT2D eigenvalue weighted by Crippen LogP contribution is -2.10. The van der Waals surface area contributed by atoms with Crippen LogP contribution in [-0.4, -0.2) is 24.1 Å². The number of thiazole rings is 1. The van der Waals surface area contributed by atoms with Crippen LogP contribution in [-0.2, 0) is 11.2 Å². The van der Waals surface area contributed by atoms with Crippen molar-refractivity contribution >= 4 is 22.3 Å². The normalized spacial score (nSPS) is 10.2. The van der Waals surface area contributed by atoms with Gasteiger partial charge in [0, 0.05) is 6.54 Å². The van der Waals surface area contributed by atoms with E-state index in [1.54, 1.807) is 12.4 Å². The predicted octanol–water partition coefficient (Wildman–Crippen LogP) is 2.97. The minimum Gasteiger partial charge on any atom is -0.461 e. The molecule has 5 heteroatoms. The lowest BCUT2D eigenvalue weighted by molar-refractivity contribution is 0.0521. The molecular formula is C14H16N2O2S. The van der Waals surface area contributed by atoms with Crippen LogP contribution in [0.1, 0.15) is 23.0 Å². The molecule has 0 saturated carbocycles. The number of aromatic nitrogens is 1. The Hall–Kier alpha value is -1.88. The second-order valence-electron chi connectivity index (χ2n) is 3.91. The monoisotopic (exact) mass is 276 g/mol. The van der Waals surface area contributed by atoms with Crippen molar-refractivity contribution in [2.45, 2.75) is 13.3 Å². The summed E-state index contributed by atoms with van der Waals surface area (Å²) in [5.41, 5.74) is 3.29. The van der Waals surface area contributed by atoms with Crippen LogP contribution < -0.4 is 5.32 Å². The van der Waals surface area contributed by atoms with E-state index in [1.165, 1.54) is 16.9 Å². The third-order valence-corrected chi connectivity index (χ3v) is 3.36. The second kappa shape index (κ2) is 6.89. The molecule has 0 bridgehead atoms. The zero-order chi connectivity index (χ0) is 13.5. The van der Waals surface area contributed by atoms with Crippen molar-refractivity contribution in [1.29, 1.82) is 0 Å². The number of ether oxygens (including phenoxy) is 1. The molecule has 0 aliphatic rings. The highest BCUT2D eigenvalue weighted by Gasteiger charge is 2.15. The standard InChI is InChI=1S/C14H16N2O2S/c1-2-18-14(17)12-13(19-10-16-12)15-9-8-11-6-4-3-5-7-11/h3-7,10,15H,2,8-9H2,1H3. The summed E-state index contributed by atoms with van der Waals surface area (Å²) in [5.74, 6) is -0.369. The van der Waals surface area contributed by atoms with Crippen LogP contribution in [0.15, 0.2) is 35.8 Å². The number of nitrogens with one attached hydrogen (secondary N) is 1. The summed E-state index contributed by atoms with van der Waals surface area (Å²) >= 11 is 1.42. The first-order valence-corrected chi connectivity index (χ1v) is 7.07. The molecule has 0 aliphatic carbocycles. The van der Waals surface area contributed by atoms with E-state index in [-0.39, 0.29) is 5.97 Å². The molecule has 0 aliphatic heterocycles. The molecule has 1 aromatic carbocycles. The average Bonchev–Trinajstić information content (AvgIpc) is 2.89. The minimum absolute atomic E-state index is 0.361. The van der Waals surface area contributed by atoms with Crippen molar-refractivity contribution in [3.8, 4) is 0 Å². The smallest absolute Gasteiger partial charge is 0.360 e. The highest BCUT2D eigenvalue weighted by atomic mass is 32.1. The van der Waals surface area contributed by atoms with E-state index < -0.39 is 0 Å². The van der Waals surface area contributed by atoms with E-state index in [2.05, 4.69) is 22.4 Å². The third-order valence-electron chi connectivity index (χ3n) is 2.58. The van der Waals surface area contributed by atoms with Crippen molar-refractivity contribution in [3.63, 3.8) is 0 Å². The third kappa shape index (κ3) is 3.79. The topological polar surface area (TPSA) is 51.2 Å². The number of anilines is 1. The van der Waals surface area contributed by atoms with Gasteiger partial charge in [-0.1, -0.05) is 30.3 Å². The molecule has 0 fully saturated rings. The van der Waals surface area contributed by atoms with E-state index in [9.17, 15) is 4.79 Å². The van der Waals surface area contributed by atoms with Gasteiger partial charge < -0.3 is 10.1 Å². The quantitative estimate of drug-likeness (QED) is 0.824. The van der Waals surface area contributed by atoms with Gasteiger partial charge in [0.1, 0.15) is 5.00 Å². The number of carbonyl (C=O) groups excluding carboxylic acids is 1. The summed E-state index contributed by atoms with van der Waals surface area (Å²) in [4.78, 5) is 15.7. The van der Waals surface area contributed by atoms with E-state index in [0.29, 0.717) is 12.3 Å². The molecule has 100 valence electrons. The number of esters is 1. The summed E-state index contributed by atoms with van der Waals surface area (Å²) in [7, 11) is 0. The first-order valence-electron chi connectivity index (χ1n) is 6.19. The van der Waals surface area contributed by atoms with Crippen LogP contribution in [0.2, 0.25) is 0 Å². The van der Waals surface area contributed by atoms with Gasteiger partial charge in [-0.15, -0.1) is 11.3 Å². The molecule has 0 saturated heterocycles. The zero-order valence-corrected chi connectivity index (χ0v) is 11.6. The van der Waals surface area contributed by atoms with Gasteiger partial charge in [-0.3, -0.25) is 0 Å². The van der Waals surface area contributed by atoms with E-state index >= 15 is 0 Å². The number of rotatable bonds is 6. The molecule has 0 unspecified atom stereocenters. The highest BCUT2D eigenvalue weighted by molar-refractivity contribution is 7.14. The maximum Gasteiger partial charge on any atom is 0.360 e. The van der Waals surface area contributed by atoms with Gasteiger partial charge in [-0.05, 0) is 18.9 Å². The fraction of sp³-hybridized carbons (Fsp3) is 0.286. The molecule has 1 aromatic heterocycles. The molecule has 0 amide bonds. The Morgan fingerprint density at radius 2 is 2.16 bits per heavy atom. The highest BCUT2D eigenvalue weighted by Crippen LogP contribution is 2.20. The average molecular weight is 276 g/mol. The molecule has 0 spiro atoms. The Labute approximate surface area is 116 Å². The molecule has 2 rings (SSSR count). The second-order valence-corrected chi connectivity index (χ2v) is 4.77. The van der Waals surface area contributed by atoms with Crippen molar-refractivity contribution in [3.05, 3.63) is 47.1 Å². The van der Waals surface area contributed by atoms with Crippen LogP contribution >= 0.6 is 11.3 Å². The lowest BCUT2D eigenvalue weighted by atomic mass is 10.1. The van der Waals surface area contributed by atoms with Crippen LogP contribution in [0, 0.1) is 0 Å². The van der Waals surface area contributed by atoms with E-state index in [4.69, 9.17) is 4.74 Å². The summed E-state index contributed by atoms with van der Waals surface area (Å²) < 4.78 is 4.96.